The van der Waals surface area contributed by atoms with Gasteiger partial charge in [0.2, 0.25) is 0 Å². The van der Waals surface area contributed by atoms with E-state index in [9.17, 15) is 4.39 Å². The van der Waals surface area contributed by atoms with Crippen molar-refractivity contribution >= 4 is 0 Å². The Morgan fingerprint density at radius 2 is 1.11 bits per heavy atom. The fourth-order valence-electron chi connectivity index (χ4n) is 0.544. The first-order valence-electron chi connectivity index (χ1n) is 3.16. The molecule has 0 spiro atoms. The molecular weight excluding hydrogens is 119 g/mol. The Morgan fingerprint density at radius 3 is 1.11 bits per heavy atom. The van der Waals surface area contributed by atoms with E-state index in [0.717, 1.165) is 0 Å². The van der Waals surface area contributed by atoms with Gasteiger partial charge in [0, 0.05) is 0 Å². The summed E-state index contributed by atoms with van der Waals surface area (Å²) in [6.45, 7) is 8.17. The second kappa shape index (κ2) is 7.89. The molecule has 0 unspecified atom stereocenters. The van der Waals surface area contributed by atoms with E-state index in [-0.39, 0.29) is 0 Å². The molecule has 0 rings (SSSR count). The topological polar surface area (TPSA) is 9.23 Å². The van der Waals surface area contributed by atoms with E-state index in [1.165, 1.54) is 0 Å². The molecule has 1 nitrogen and oxygen atoms in total. The van der Waals surface area contributed by atoms with E-state index < -0.39 is 0 Å². The lowest BCUT2D eigenvalue weighted by Gasteiger charge is -2.09. The van der Waals surface area contributed by atoms with Crippen molar-refractivity contribution in [2.24, 2.45) is 0 Å². The Kier molecular flexibility index (Phi) is 10.2. The average Bonchev–Trinajstić information content (AvgIpc) is 1.68. The Labute approximate surface area is 57.2 Å². The van der Waals surface area contributed by atoms with Crippen molar-refractivity contribution in [1.82, 2.24) is 0 Å². The first-order chi connectivity index (χ1) is 4.13. The predicted octanol–water partition coefficient (Wildman–Crippen LogP) is 2.41. The molecule has 0 heterocycles. The van der Waals surface area contributed by atoms with Crippen LogP contribution >= 0.6 is 0 Å². The number of hydrogen-bond acceptors (Lipinski definition) is 1. The van der Waals surface area contributed by atoms with Crippen LogP contribution in [-0.4, -0.2) is 19.4 Å². The van der Waals surface area contributed by atoms with Crippen molar-refractivity contribution in [3.8, 4) is 0 Å². The van der Waals surface area contributed by atoms with Crippen molar-refractivity contribution in [2.45, 2.75) is 39.9 Å². The lowest BCUT2D eigenvalue weighted by Crippen LogP contribution is -2.09. The molecule has 0 saturated heterocycles. The van der Waals surface area contributed by atoms with E-state index in [4.69, 9.17) is 4.74 Å². The summed E-state index contributed by atoms with van der Waals surface area (Å²) in [5.74, 6) is 0. The Bertz CT molecular complexity index is 38.2. The number of alkyl halides is 1. The molecule has 0 aromatic heterocycles. The van der Waals surface area contributed by atoms with E-state index >= 15 is 0 Å². The number of ether oxygens (including phenoxy) is 1. The third-order valence-corrected chi connectivity index (χ3v) is 0.544. The summed E-state index contributed by atoms with van der Waals surface area (Å²) in [5, 5.41) is 0. The van der Waals surface area contributed by atoms with Crippen LogP contribution in [0.3, 0.4) is 0 Å². The van der Waals surface area contributed by atoms with Gasteiger partial charge < -0.3 is 4.74 Å². The summed E-state index contributed by atoms with van der Waals surface area (Å²) in [4.78, 5) is 0. The van der Waals surface area contributed by atoms with Gasteiger partial charge in [0.25, 0.3) is 0 Å². The van der Waals surface area contributed by atoms with Crippen LogP contribution in [0.4, 0.5) is 4.39 Å². The third-order valence-electron chi connectivity index (χ3n) is 0.544. The molecule has 0 saturated carbocycles. The van der Waals surface area contributed by atoms with Crippen LogP contribution in [0.15, 0.2) is 0 Å². The molecule has 0 amide bonds. The molecule has 2 heteroatoms. The first-order valence-corrected chi connectivity index (χ1v) is 3.16. The highest BCUT2D eigenvalue weighted by Gasteiger charge is 1.94. The van der Waals surface area contributed by atoms with Gasteiger partial charge in [0.15, 0.2) is 0 Å². The van der Waals surface area contributed by atoms with Crippen molar-refractivity contribution in [3.05, 3.63) is 0 Å². The number of halogens is 1. The smallest absolute Gasteiger partial charge is 0.0785 e. The minimum absolute atomic E-state index is 0.375. The quantitative estimate of drug-likeness (QED) is 0.566. The Hall–Kier alpha value is -0.110. The summed E-state index contributed by atoms with van der Waals surface area (Å²) >= 11 is 0. The van der Waals surface area contributed by atoms with Crippen molar-refractivity contribution in [1.29, 1.82) is 0 Å². The second-order valence-corrected chi connectivity index (χ2v) is 2.23. The Morgan fingerprint density at radius 1 is 0.889 bits per heavy atom. The number of rotatable bonds is 2. The summed E-state index contributed by atoms with van der Waals surface area (Å²) in [5.41, 5.74) is 0. The first kappa shape index (κ1) is 11.7. The highest BCUT2D eigenvalue weighted by atomic mass is 19.1. The van der Waals surface area contributed by atoms with Crippen molar-refractivity contribution in [2.75, 3.05) is 7.18 Å². The highest BCUT2D eigenvalue weighted by Crippen LogP contribution is 1.93. The molecule has 0 aromatic rings. The fraction of sp³-hybridized carbons (Fsp3) is 1.00. The van der Waals surface area contributed by atoms with Crippen LogP contribution in [-0.2, 0) is 4.74 Å². The van der Waals surface area contributed by atoms with Gasteiger partial charge >= 0.3 is 0 Å². The zero-order valence-corrected chi connectivity index (χ0v) is 6.94. The standard InChI is InChI=1S/C6H14O.CH3F/c1-5(2)7-6(3)4;1-2/h5-6H,1-4H3;1H3. The fourth-order valence-corrected chi connectivity index (χ4v) is 0.544. The summed E-state index contributed by atoms with van der Waals surface area (Å²) < 4.78 is 14.8. The van der Waals surface area contributed by atoms with Crippen molar-refractivity contribution < 1.29 is 9.13 Å². The van der Waals surface area contributed by atoms with Gasteiger partial charge in [0.05, 0.1) is 19.4 Å². The number of hydrogen-bond donors (Lipinski definition) is 0. The van der Waals surface area contributed by atoms with Crippen LogP contribution < -0.4 is 0 Å². The molecule has 0 atom stereocenters. The Balaban J connectivity index is 0. The molecule has 0 radical (unpaired) electrons. The van der Waals surface area contributed by atoms with Gasteiger partial charge in [-0.3, -0.25) is 4.39 Å². The van der Waals surface area contributed by atoms with Crippen LogP contribution in [0.1, 0.15) is 27.7 Å². The molecule has 0 bridgehead atoms. The predicted molar refractivity (Wildman–Crippen MR) is 38.4 cm³/mol. The van der Waals surface area contributed by atoms with Gasteiger partial charge in [-0.2, -0.15) is 0 Å². The molecule has 9 heavy (non-hydrogen) atoms. The molecular formula is C7H17FO. The van der Waals surface area contributed by atoms with Crippen LogP contribution in [0, 0.1) is 0 Å². The zero-order valence-electron chi connectivity index (χ0n) is 6.94. The van der Waals surface area contributed by atoms with Gasteiger partial charge in [-0.25, -0.2) is 0 Å². The SMILES string of the molecule is CC(C)OC(C)C.CF. The van der Waals surface area contributed by atoms with Crippen LogP contribution in [0.2, 0.25) is 0 Å². The summed E-state index contributed by atoms with van der Waals surface area (Å²) in [6, 6.07) is 0. The molecule has 0 aliphatic carbocycles. The minimum Gasteiger partial charge on any atom is -0.376 e. The van der Waals surface area contributed by atoms with E-state index in [0.29, 0.717) is 19.4 Å². The van der Waals surface area contributed by atoms with Gasteiger partial charge in [-0.15, -0.1) is 0 Å². The molecule has 0 aromatic carbocycles. The molecule has 0 aliphatic rings. The third kappa shape index (κ3) is 18.1. The maximum Gasteiger partial charge on any atom is 0.0785 e. The minimum atomic E-state index is 0.375. The zero-order chi connectivity index (χ0) is 7.86. The largest absolute Gasteiger partial charge is 0.376 e. The van der Waals surface area contributed by atoms with Crippen LogP contribution in [0.25, 0.3) is 0 Å². The molecule has 0 aliphatic heterocycles. The van der Waals surface area contributed by atoms with Gasteiger partial charge in [0.1, 0.15) is 0 Å². The van der Waals surface area contributed by atoms with Crippen LogP contribution in [0.5, 0.6) is 0 Å². The molecule has 0 N–H and O–H groups in total. The van der Waals surface area contributed by atoms with Gasteiger partial charge in [-0.05, 0) is 27.7 Å². The maximum absolute atomic E-state index is 9.50. The summed E-state index contributed by atoms with van der Waals surface area (Å²) in [6.07, 6.45) is 0.750. The van der Waals surface area contributed by atoms with E-state index in [1.54, 1.807) is 0 Å². The van der Waals surface area contributed by atoms with E-state index in [2.05, 4.69) is 0 Å². The normalized spacial score (nSPS) is 9.33. The monoisotopic (exact) mass is 136 g/mol. The highest BCUT2D eigenvalue weighted by molar-refractivity contribution is 4.40. The van der Waals surface area contributed by atoms with E-state index in [1.807, 2.05) is 27.7 Å². The molecule has 58 valence electrons. The lowest BCUT2D eigenvalue weighted by atomic mass is 10.4. The second-order valence-electron chi connectivity index (χ2n) is 2.23. The maximum atomic E-state index is 9.50. The average molecular weight is 136 g/mol. The molecule has 0 fully saturated rings. The van der Waals surface area contributed by atoms with Gasteiger partial charge in [-0.1, -0.05) is 0 Å². The van der Waals surface area contributed by atoms with Crippen molar-refractivity contribution in [3.63, 3.8) is 0 Å². The summed E-state index contributed by atoms with van der Waals surface area (Å²) in [7, 11) is 0.500. The lowest BCUT2D eigenvalue weighted by molar-refractivity contribution is 0.0300.